The van der Waals surface area contributed by atoms with Crippen molar-refractivity contribution in [2.24, 2.45) is 5.73 Å². The van der Waals surface area contributed by atoms with Crippen LogP contribution in [0, 0.1) is 0 Å². The number of furan rings is 1. The third-order valence-corrected chi connectivity index (χ3v) is 3.39. The molecule has 0 radical (unpaired) electrons. The first-order valence-electron chi connectivity index (χ1n) is 5.47. The van der Waals surface area contributed by atoms with Gasteiger partial charge in [-0.1, -0.05) is 0 Å². The van der Waals surface area contributed by atoms with E-state index in [0.29, 0.717) is 16.8 Å². The molecule has 2 rings (SSSR count). The minimum Gasteiger partial charge on any atom is -0.457 e. The van der Waals surface area contributed by atoms with E-state index in [1.54, 1.807) is 6.07 Å². The fraction of sp³-hybridized carbons (Fsp3) is 0.545. The van der Waals surface area contributed by atoms with Crippen molar-refractivity contribution in [3.63, 3.8) is 0 Å². The van der Waals surface area contributed by atoms with E-state index in [-0.39, 0.29) is 24.4 Å². The number of rotatable bonds is 2. The van der Waals surface area contributed by atoms with Gasteiger partial charge in [0.1, 0.15) is 6.26 Å². The molecule has 1 unspecified atom stereocenters. The molecular formula is C11H16BrClN2O2. The zero-order valence-corrected chi connectivity index (χ0v) is 11.8. The van der Waals surface area contributed by atoms with E-state index < -0.39 is 0 Å². The molecule has 1 saturated heterocycles. The molecule has 0 aliphatic carbocycles. The van der Waals surface area contributed by atoms with E-state index >= 15 is 0 Å². The SMILES string of the molecule is Cl.NCC1CCCCN1C(=O)c1coc(Br)c1. The summed E-state index contributed by atoms with van der Waals surface area (Å²) in [6, 6.07) is 1.87. The molecule has 1 amide bonds. The maximum atomic E-state index is 12.2. The van der Waals surface area contributed by atoms with Crippen molar-refractivity contribution in [1.82, 2.24) is 4.90 Å². The summed E-state index contributed by atoms with van der Waals surface area (Å²) < 4.78 is 5.66. The molecule has 1 atom stereocenters. The molecule has 2 heterocycles. The van der Waals surface area contributed by atoms with Gasteiger partial charge in [-0.05, 0) is 35.2 Å². The van der Waals surface area contributed by atoms with Gasteiger partial charge in [-0.2, -0.15) is 0 Å². The first kappa shape index (κ1) is 14.5. The molecule has 4 nitrogen and oxygen atoms in total. The summed E-state index contributed by atoms with van der Waals surface area (Å²) >= 11 is 3.19. The number of nitrogens with zero attached hydrogens (tertiary/aromatic N) is 1. The van der Waals surface area contributed by atoms with Crippen molar-refractivity contribution in [3.05, 3.63) is 22.6 Å². The molecule has 17 heavy (non-hydrogen) atoms. The average Bonchev–Trinajstić information content (AvgIpc) is 2.75. The van der Waals surface area contributed by atoms with Gasteiger partial charge in [0.05, 0.1) is 5.56 Å². The Morgan fingerprint density at radius 2 is 2.35 bits per heavy atom. The van der Waals surface area contributed by atoms with Gasteiger partial charge < -0.3 is 15.1 Å². The second kappa shape index (κ2) is 6.42. The lowest BCUT2D eigenvalue weighted by Crippen LogP contribution is -2.47. The molecule has 6 heteroatoms. The second-order valence-corrected chi connectivity index (χ2v) is 4.80. The molecule has 0 spiro atoms. The highest BCUT2D eigenvalue weighted by Crippen LogP contribution is 2.21. The Balaban J connectivity index is 0.00000144. The highest BCUT2D eigenvalue weighted by atomic mass is 79.9. The van der Waals surface area contributed by atoms with Crippen molar-refractivity contribution >= 4 is 34.2 Å². The summed E-state index contributed by atoms with van der Waals surface area (Å²) in [6.07, 6.45) is 4.69. The van der Waals surface area contributed by atoms with Crippen LogP contribution in [0.4, 0.5) is 0 Å². The van der Waals surface area contributed by atoms with E-state index in [1.165, 1.54) is 6.26 Å². The van der Waals surface area contributed by atoms with Crippen LogP contribution in [0.5, 0.6) is 0 Å². The molecular weight excluding hydrogens is 307 g/mol. The zero-order valence-electron chi connectivity index (χ0n) is 9.39. The molecule has 96 valence electrons. The van der Waals surface area contributed by atoms with Crippen LogP contribution >= 0.6 is 28.3 Å². The van der Waals surface area contributed by atoms with Crippen molar-refractivity contribution in [2.75, 3.05) is 13.1 Å². The number of carbonyl (C=O) groups excluding carboxylic acids is 1. The summed E-state index contributed by atoms with van der Waals surface area (Å²) in [5, 5.41) is 0. The average molecular weight is 324 g/mol. The maximum Gasteiger partial charge on any atom is 0.257 e. The number of amides is 1. The summed E-state index contributed by atoms with van der Waals surface area (Å²) in [4.78, 5) is 14.0. The number of hydrogen-bond donors (Lipinski definition) is 1. The Morgan fingerprint density at radius 3 is 2.94 bits per heavy atom. The van der Waals surface area contributed by atoms with Gasteiger partial charge in [-0.25, -0.2) is 0 Å². The Kier molecular flexibility index (Phi) is 5.49. The summed E-state index contributed by atoms with van der Waals surface area (Å²) in [7, 11) is 0. The minimum atomic E-state index is 0. The normalized spacial score (nSPS) is 19.9. The zero-order chi connectivity index (χ0) is 11.5. The number of halogens is 2. The van der Waals surface area contributed by atoms with Crippen LogP contribution < -0.4 is 5.73 Å². The van der Waals surface area contributed by atoms with Crippen LogP contribution in [0.15, 0.2) is 21.4 Å². The molecule has 0 bridgehead atoms. The standard InChI is InChI=1S/C11H15BrN2O2.ClH/c12-10-5-8(7-16-10)11(15)14-4-2-1-3-9(14)6-13;/h5,7,9H,1-4,6,13H2;1H. The summed E-state index contributed by atoms with van der Waals surface area (Å²) in [5.74, 6) is 0.0181. The number of nitrogens with two attached hydrogens (primary N) is 1. The number of carbonyl (C=O) groups is 1. The van der Waals surface area contributed by atoms with Crippen molar-refractivity contribution < 1.29 is 9.21 Å². The minimum absolute atomic E-state index is 0. The Morgan fingerprint density at radius 1 is 1.59 bits per heavy atom. The van der Waals surface area contributed by atoms with Gasteiger partial charge in [-0.3, -0.25) is 4.79 Å². The monoisotopic (exact) mass is 322 g/mol. The van der Waals surface area contributed by atoms with Crippen LogP contribution in [0.3, 0.4) is 0 Å². The maximum absolute atomic E-state index is 12.2. The first-order chi connectivity index (χ1) is 7.72. The quantitative estimate of drug-likeness (QED) is 0.909. The van der Waals surface area contributed by atoms with E-state index in [1.807, 2.05) is 4.90 Å². The fourth-order valence-corrected chi connectivity index (χ4v) is 2.44. The van der Waals surface area contributed by atoms with E-state index in [0.717, 1.165) is 25.8 Å². The highest BCUT2D eigenvalue weighted by Gasteiger charge is 2.27. The lowest BCUT2D eigenvalue weighted by molar-refractivity contribution is 0.0622. The Labute approximate surface area is 115 Å². The van der Waals surface area contributed by atoms with Crippen LogP contribution in [-0.4, -0.2) is 29.9 Å². The van der Waals surface area contributed by atoms with Gasteiger partial charge in [-0.15, -0.1) is 12.4 Å². The lowest BCUT2D eigenvalue weighted by Gasteiger charge is -2.34. The van der Waals surface area contributed by atoms with Crippen LogP contribution in [0.2, 0.25) is 0 Å². The van der Waals surface area contributed by atoms with Crippen LogP contribution in [0.1, 0.15) is 29.6 Å². The third kappa shape index (κ3) is 3.24. The molecule has 1 aliphatic heterocycles. The second-order valence-electron chi connectivity index (χ2n) is 4.02. The molecule has 1 aliphatic rings. The van der Waals surface area contributed by atoms with Gasteiger partial charge in [0.25, 0.3) is 5.91 Å². The van der Waals surface area contributed by atoms with E-state index in [2.05, 4.69) is 15.9 Å². The molecule has 1 fully saturated rings. The lowest BCUT2D eigenvalue weighted by atomic mass is 10.0. The van der Waals surface area contributed by atoms with Gasteiger partial charge in [0.2, 0.25) is 0 Å². The number of hydrogen-bond acceptors (Lipinski definition) is 3. The summed E-state index contributed by atoms with van der Waals surface area (Å²) in [6.45, 7) is 1.33. The fourth-order valence-electron chi connectivity index (χ4n) is 2.10. The van der Waals surface area contributed by atoms with Gasteiger partial charge in [0, 0.05) is 25.2 Å². The van der Waals surface area contributed by atoms with E-state index in [4.69, 9.17) is 10.2 Å². The smallest absolute Gasteiger partial charge is 0.257 e. The van der Waals surface area contributed by atoms with E-state index in [9.17, 15) is 4.79 Å². The molecule has 0 saturated carbocycles. The number of piperidine rings is 1. The largest absolute Gasteiger partial charge is 0.457 e. The predicted octanol–water partition coefficient (Wildman–Crippen LogP) is 2.42. The van der Waals surface area contributed by atoms with Crippen molar-refractivity contribution in [1.29, 1.82) is 0 Å². The predicted molar refractivity (Wildman–Crippen MR) is 71.4 cm³/mol. The topological polar surface area (TPSA) is 59.5 Å². The van der Waals surface area contributed by atoms with Crippen molar-refractivity contribution in [2.45, 2.75) is 25.3 Å². The van der Waals surface area contributed by atoms with Crippen molar-refractivity contribution in [3.8, 4) is 0 Å². The Hall–Kier alpha value is -0.520. The van der Waals surface area contributed by atoms with Crippen LogP contribution in [0.25, 0.3) is 0 Å². The summed E-state index contributed by atoms with van der Waals surface area (Å²) in [5.41, 5.74) is 6.28. The van der Waals surface area contributed by atoms with Gasteiger partial charge >= 0.3 is 0 Å². The number of likely N-dealkylation sites (tertiary alicyclic amines) is 1. The Bertz CT molecular complexity index is 383. The molecule has 1 aromatic rings. The molecule has 1 aromatic heterocycles. The van der Waals surface area contributed by atoms with Gasteiger partial charge in [0.15, 0.2) is 4.67 Å². The first-order valence-corrected chi connectivity index (χ1v) is 6.26. The van der Waals surface area contributed by atoms with Crippen LogP contribution in [-0.2, 0) is 0 Å². The molecule has 0 aromatic carbocycles. The molecule has 2 N–H and O–H groups in total. The highest BCUT2D eigenvalue weighted by molar-refractivity contribution is 9.10. The third-order valence-electron chi connectivity index (χ3n) is 2.97.